The zero-order chi connectivity index (χ0) is 13.8. The van der Waals surface area contributed by atoms with Crippen LogP contribution in [0.2, 0.25) is 0 Å². The molecule has 0 spiro atoms. The minimum absolute atomic E-state index is 0.0256. The number of hydrogen-bond acceptors (Lipinski definition) is 6. The maximum Gasteiger partial charge on any atom is 0.269 e. The lowest BCUT2D eigenvalue weighted by molar-refractivity contribution is -0.384. The average Bonchev–Trinajstić information content (AvgIpc) is 2.39. The smallest absolute Gasteiger partial charge is 0.269 e. The maximum atomic E-state index is 10.9. The summed E-state index contributed by atoms with van der Waals surface area (Å²) in [6, 6.07) is 5.41. The number of aldehydes is 1. The van der Waals surface area contributed by atoms with Crippen molar-refractivity contribution in [3.8, 4) is 0 Å². The normalized spacial score (nSPS) is 24.1. The molecule has 0 bridgehead atoms. The third-order valence-electron chi connectivity index (χ3n) is 3.05. The number of ether oxygens (including phenoxy) is 1. The highest BCUT2D eigenvalue weighted by Crippen LogP contribution is 2.17. The van der Waals surface area contributed by atoms with Crippen molar-refractivity contribution in [1.29, 1.82) is 0 Å². The molecule has 1 fully saturated rings. The second-order valence-electron chi connectivity index (χ2n) is 4.28. The number of nitro benzene ring substituents is 1. The van der Waals surface area contributed by atoms with E-state index in [0.717, 1.165) is 5.56 Å². The van der Waals surface area contributed by atoms with Crippen LogP contribution >= 0.6 is 0 Å². The lowest BCUT2D eigenvalue weighted by Crippen LogP contribution is -2.51. The first-order valence-electron chi connectivity index (χ1n) is 5.84. The summed E-state index contributed by atoms with van der Waals surface area (Å²) in [5.74, 6) is 0. The Kier molecular flexibility index (Phi) is 4.20. The number of nitro groups is 1. The zero-order valence-electron chi connectivity index (χ0n) is 10.1. The zero-order valence-corrected chi connectivity index (χ0v) is 10.1. The Morgan fingerprint density at radius 1 is 1.47 bits per heavy atom. The highest BCUT2D eigenvalue weighted by atomic mass is 16.6. The first kappa shape index (κ1) is 13.6. The minimum atomic E-state index is -1.12. The van der Waals surface area contributed by atoms with Crippen molar-refractivity contribution < 1.29 is 19.6 Å². The number of non-ortho nitro benzene ring substituents is 1. The Bertz CT molecular complexity index is 462. The van der Waals surface area contributed by atoms with E-state index < -0.39 is 17.3 Å². The van der Waals surface area contributed by atoms with E-state index in [0.29, 0.717) is 26.0 Å². The van der Waals surface area contributed by atoms with Gasteiger partial charge in [0.05, 0.1) is 11.5 Å². The lowest BCUT2D eigenvalue weighted by atomic mass is 10.1. The van der Waals surface area contributed by atoms with Crippen molar-refractivity contribution in [3.63, 3.8) is 0 Å². The third-order valence-corrected chi connectivity index (χ3v) is 3.05. The Balaban J connectivity index is 2.07. The van der Waals surface area contributed by atoms with Gasteiger partial charge in [0.2, 0.25) is 0 Å². The SMILES string of the molecule is O=CC1C(O)OCCN1Cc1ccc([N+](=O)[O-])cc1. The van der Waals surface area contributed by atoms with Crippen molar-refractivity contribution in [2.24, 2.45) is 0 Å². The number of nitrogens with zero attached hydrogens (tertiary/aromatic N) is 2. The van der Waals surface area contributed by atoms with Gasteiger partial charge in [-0.1, -0.05) is 12.1 Å². The van der Waals surface area contributed by atoms with Crippen LogP contribution in [-0.2, 0) is 16.1 Å². The molecule has 0 saturated carbocycles. The summed E-state index contributed by atoms with van der Waals surface area (Å²) in [6.07, 6.45) is -0.473. The van der Waals surface area contributed by atoms with Crippen LogP contribution in [0.5, 0.6) is 0 Å². The molecular weight excluding hydrogens is 252 g/mol. The summed E-state index contributed by atoms with van der Waals surface area (Å²) >= 11 is 0. The van der Waals surface area contributed by atoms with E-state index in [9.17, 15) is 20.0 Å². The average molecular weight is 266 g/mol. The van der Waals surface area contributed by atoms with E-state index >= 15 is 0 Å². The van der Waals surface area contributed by atoms with Gasteiger partial charge in [0.25, 0.3) is 5.69 Å². The van der Waals surface area contributed by atoms with Crippen molar-refractivity contribution in [1.82, 2.24) is 4.90 Å². The van der Waals surface area contributed by atoms with E-state index in [2.05, 4.69) is 0 Å². The van der Waals surface area contributed by atoms with Crippen LogP contribution in [0, 0.1) is 10.1 Å². The summed E-state index contributed by atoms with van der Waals surface area (Å²) in [7, 11) is 0. The predicted octanol–water partition coefficient (Wildman–Crippen LogP) is 0.313. The number of aliphatic hydroxyl groups excluding tert-OH is 1. The minimum Gasteiger partial charge on any atom is -0.366 e. The van der Waals surface area contributed by atoms with E-state index in [-0.39, 0.29) is 5.69 Å². The predicted molar refractivity (Wildman–Crippen MR) is 65.3 cm³/mol. The standard InChI is InChI=1S/C12H14N2O5/c15-8-11-12(16)19-6-5-13(11)7-9-1-3-10(4-2-9)14(17)18/h1-4,8,11-12,16H,5-7H2. The molecule has 1 N–H and O–H groups in total. The molecule has 19 heavy (non-hydrogen) atoms. The highest BCUT2D eigenvalue weighted by molar-refractivity contribution is 5.58. The summed E-state index contributed by atoms with van der Waals surface area (Å²) in [5, 5.41) is 20.1. The summed E-state index contributed by atoms with van der Waals surface area (Å²) in [6.45, 7) is 1.30. The van der Waals surface area contributed by atoms with E-state index in [1.165, 1.54) is 12.1 Å². The van der Waals surface area contributed by atoms with Crippen LogP contribution in [0.25, 0.3) is 0 Å². The molecule has 1 saturated heterocycles. The molecule has 102 valence electrons. The van der Waals surface area contributed by atoms with Crippen molar-refractivity contribution in [3.05, 3.63) is 39.9 Å². The number of carbonyl (C=O) groups excluding carboxylic acids is 1. The summed E-state index contributed by atoms with van der Waals surface area (Å²) in [4.78, 5) is 22.8. The van der Waals surface area contributed by atoms with E-state index in [1.807, 2.05) is 0 Å². The fraction of sp³-hybridized carbons (Fsp3) is 0.417. The molecule has 1 heterocycles. The topological polar surface area (TPSA) is 92.9 Å². The molecule has 7 nitrogen and oxygen atoms in total. The molecule has 0 aromatic heterocycles. The monoisotopic (exact) mass is 266 g/mol. The molecule has 0 radical (unpaired) electrons. The largest absolute Gasteiger partial charge is 0.366 e. The van der Waals surface area contributed by atoms with Crippen LogP contribution in [0.1, 0.15) is 5.56 Å². The first-order valence-corrected chi connectivity index (χ1v) is 5.84. The Hall–Kier alpha value is -1.83. The van der Waals surface area contributed by atoms with Crippen molar-refractivity contribution >= 4 is 12.0 Å². The molecule has 1 aromatic rings. The molecule has 2 atom stereocenters. The summed E-state index contributed by atoms with van der Waals surface area (Å²) in [5.41, 5.74) is 0.865. The molecular formula is C12H14N2O5. The Morgan fingerprint density at radius 3 is 2.74 bits per heavy atom. The van der Waals surface area contributed by atoms with Crippen molar-refractivity contribution in [2.75, 3.05) is 13.2 Å². The molecule has 0 aliphatic carbocycles. The molecule has 0 amide bonds. The summed E-state index contributed by atoms with van der Waals surface area (Å²) < 4.78 is 4.99. The Labute approximate surface area is 109 Å². The van der Waals surface area contributed by atoms with Gasteiger partial charge in [-0.2, -0.15) is 0 Å². The number of carbonyl (C=O) groups is 1. The van der Waals surface area contributed by atoms with Crippen LogP contribution in [-0.4, -0.2) is 46.7 Å². The van der Waals surface area contributed by atoms with Gasteiger partial charge in [-0.25, -0.2) is 0 Å². The van der Waals surface area contributed by atoms with Gasteiger partial charge in [0.1, 0.15) is 12.3 Å². The van der Waals surface area contributed by atoms with Gasteiger partial charge in [0.15, 0.2) is 6.29 Å². The number of hydrogen-bond donors (Lipinski definition) is 1. The van der Waals surface area contributed by atoms with Gasteiger partial charge >= 0.3 is 0 Å². The molecule has 2 rings (SSSR count). The van der Waals surface area contributed by atoms with Crippen LogP contribution in [0.4, 0.5) is 5.69 Å². The quantitative estimate of drug-likeness (QED) is 0.479. The number of benzene rings is 1. The third kappa shape index (κ3) is 3.14. The van der Waals surface area contributed by atoms with Gasteiger partial charge in [-0.3, -0.25) is 15.0 Å². The molecule has 2 unspecified atom stereocenters. The van der Waals surface area contributed by atoms with Crippen LogP contribution in [0.15, 0.2) is 24.3 Å². The second kappa shape index (κ2) is 5.87. The van der Waals surface area contributed by atoms with Crippen LogP contribution in [0.3, 0.4) is 0 Å². The van der Waals surface area contributed by atoms with Crippen LogP contribution < -0.4 is 0 Å². The molecule has 1 aromatic carbocycles. The van der Waals surface area contributed by atoms with Gasteiger partial charge in [-0.15, -0.1) is 0 Å². The second-order valence-corrected chi connectivity index (χ2v) is 4.28. The lowest BCUT2D eigenvalue weighted by Gasteiger charge is -2.35. The molecule has 1 aliphatic heterocycles. The highest BCUT2D eigenvalue weighted by Gasteiger charge is 2.30. The Morgan fingerprint density at radius 2 is 2.16 bits per heavy atom. The first-order chi connectivity index (χ1) is 9.11. The van der Waals surface area contributed by atoms with Gasteiger partial charge in [0, 0.05) is 25.2 Å². The number of aliphatic hydroxyl groups is 1. The number of morpholine rings is 1. The fourth-order valence-corrected chi connectivity index (χ4v) is 2.01. The fourth-order valence-electron chi connectivity index (χ4n) is 2.01. The van der Waals surface area contributed by atoms with Gasteiger partial charge < -0.3 is 14.6 Å². The maximum absolute atomic E-state index is 10.9. The number of rotatable bonds is 4. The molecule has 7 heteroatoms. The molecule has 1 aliphatic rings. The van der Waals surface area contributed by atoms with E-state index in [1.54, 1.807) is 17.0 Å². The van der Waals surface area contributed by atoms with E-state index in [4.69, 9.17) is 4.74 Å². The van der Waals surface area contributed by atoms with Gasteiger partial charge in [-0.05, 0) is 5.56 Å². The van der Waals surface area contributed by atoms with Crippen molar-refractivity contribution in [2.45, 2.75) is 18.9 Å².